The first-order valence-electron chi connectivity index (χ1n) is 5.21. The third-order valence-electron chi connectivity index (χ3n) is 1.97. The summed E-state index contributed by atoms with van der Waals surface area (Å²) < 4.78 is 4.85. The number of thiocarbonyl (C=S) groups is 1. The maximum absolute atomic E-state index is 9.27. The van der Waals surface area contributed by atoms with Gasteiger partial charge in [0.2, 0.25) is 0 Å². The number of ether oxygens (including phenoxy) is 1. The van der Waals surface area contributed by atoms with Crippen molar-refractivity contribution in [2.24, 2.45) is 5.10 Å². The van der Waals surface area contributed by atoms with Crippen LogP contribution in [0.2, 0.25) is 0 Å². The number of phenols is 2. The summed E-state index contributed by atoms with van der Waals surface area (Å²) in [6.45, 7) is 1.15. The molecule has 1 aromatic rings. The van der Waals surface area contributed by atoms with Crippen molar-refractivity contribution >= 4 is 23.5 Å². The minimum atomic E-state index is -0.195. The Kier molecular flexibility index (Phi) is 5.89. The lowest BCUT2D eigenvalue weighted by atomic mass is 10.2. The van der Waals surface area contributed by atoms with E-state index in [2.05, 4.69) is 15.8 Å². The predicted octanol–water partition coefficient (Wildman–Crippen LogP) is 0.542. The monoisotopic (exact) mass is 269 g/mol. The summed E-state index contributed by atoms with van der Waals surface area (Å²) in [6.07, 6.45) is 1.48. The Hall–Kier alpha value is -1.86. The standard InChI is InChI=1S/C11H15N3O3S/c1-17-5-4-12-11(18)14-13-7-8-2-3-9(15)10(16)6-8/h2-3,6-7,15-16H,4-5H2,1H3,(H2,12,14,18)/b13-7-. The molecule has 0 unspecified atom stereocenters. The van der Waals surface area contributed by atoms with Crippen LogP contribution in [0.15, 0.2) is 23.3 Å². The lowest BCUT2D eigenvalue weighted by Gasteiger charge is -2.05. The lowest BCUT2D eigenvalue weighted by molar-refractivity contribution is 0.204. The van der Waals surface area contributed by atoms with Gasteiger partial charge in [0.05, 0.1) is 12.8 Å². The summed E-state index contributed by atoms with van der Waals surface area (Å²) in [6, 6.07) is 4.38. The van der Waals surface area contributed by atoms with Gasteiger partial charge in [-0.25, -0.2) is 0 Å². The van der Waals surface area contributed by atoms with Crippen molar-refractivity contribution < 1.29 is 14.9 Å². The summed E-state index contributed by atoms with van der Waals surface area (Å²) in [4.78, 5) is 0. The fraction of sp³-hybridized carbons (Fsp3) is 0.273. The second kappa shape index (κ2) is 7.46. The number of methoxy groups -OCH3 is 1. The number of nitrogens with zero attached hydrogens (tertiary/aromatic N) is 1. The largest absolute Gasteiger partial charge is 0.504 e. The van der Waals surface area contributed by atoms with Gasteiger partial charge in [-0.05, 0) is 36.0 Å². The number of hydrogen-bond donors (Lipinski definition) is 4. The Morgan fingerprint density at radius 3 is 2.89 bits per heavy atom. The zero-order chi connectivity index (χ0) is 13.4. The number of aromatic hydroxyl groups is 2. The van der Waals surface area contributed by atoms with Crippen LogP contribution in [-0.4, -0.2) is 41.8 Å². The van der Waals surface area contributed by atoms with Gasteiger partial charge >= 0.3 is 0 Å². The molecular weight excluding hydrogens is 254 g/mol. The van der Waals surface area contributed by atoms with E-state index >= 15 is 0 Å². The van der Waals surface area contributed by atoms with Gasteiger partial charge in [-0.15, -0.1) is 0 Å². The molecule has 0 saturated carbocycles. The topological polar surface area (TPSA) is 86.1 Å². The van der Waals surface area contributed by atoms with Crippen molar-refractivity contribution in [2.75, 3.05) is 20.3 Å². The van der Waals surface area contributed by atoms with E-state index in [4.69, 9.17) is 22.1 Å². The van der Waals surface area contributed by atoms with Crippen LogP contribution in [0.3, 0.4) is 0 Å². The molecule has 1 aromatic carbocycles. The van der Waals surface area contributed by atoms with E-state index < -0.39 is 0 Å². The van der Waals surface area contributed by atoms with Gasteiger partial charge in [-0.2, -0.15) is 5.10 Å². The van der Waals surface area contributed by atoms with Crippen molar-refractivity contribution in [2.45, 2.75) is 0 Å². The number of nitrogens with one attached hydrogen (secondary N) is 2. The van der Waals surface area contributed by atoms with Gasteiger partial charge in [-0.3, -0.25) is 5.43 Å². The molecule has 4 N–H and O–H groups in total. The van der Waals surface area contributed by atoms with Crippen LogP contribution in [0.25, 0.3) is 0 Å². The Balaban J connectivity index is 2.40. The summed E-state index contributed by atoms with van der Waals surface area (Å²) in [5, 5.41) is 25.5. The SMILES string of the molecule is COCCNC(=S)N/N=C\c1ccc(O)c(O)c1. The Bertz CT molecular complexity index is 438. The Morgan fingerprint density at radius 1 is 1.44 bits per heavy atom. The first kappa shape index (κ1) is 14.2. The normalized spacial score (nSPS) is 10.5. The van der Waals surface area contributed by atoms with E-state index in [0.29, 0.717) is 23.8 Å². The highest BCUT2D eigenvalue weighted by atomic mass is 32.1. The third-order valence-corrected chi connectivity index (χ3v) is 2.21. The zero-order valence-corrected chi connectivity index (χ0v) is 10.7. The highest BCUT2D eigenvalue weighted by Gasteiger charge is 1.98. The summed E-state index contributed by atoms with van der Waals surface area (Å²) in [7, 11) is 1.60. The maximum atomic E-state index is 9.27. The summed E-state index contributed by atoms with van der Waals surface area (Å²) in [5.74, 6) is -0.364. The van der Waals surface area contributed by atoms with E-state index in [-0.39, 0.29) is 11.5 Å². The van der Waals surface area contributed by atoms with Gasteiger partial charge < -0.3 is 20.3 Å². The number of rotatable bonds is 5. The molecule has 0 radical (unpaired) electrons. The van der Waals surface area contributed by atoms with Gasteiger partial charge in [0, 0.05) is 13.7 Å². The second-order valence-corrected chi connectivity index (χ2v) is 3.78. The van der Waals surface area contributed by atoms with E-state index in [1.807, 2.05) is 0 Å². The van der Waals surface area contributed by atoms with Crippen molar-refractivity contribution in [1.82, 2.24) is 10.7 Å². The van der Waals surface area contributed by atoms with Crippen LogP contribution in [-0.2, 0) is 4.74 Å². The molecule has 18 heavy (non-hydrogen) atoms. The predicted molar refractivity (Wildman–Crippen MR) is 73.0 cm³/mol. The smallest absolute Gasteiger partial charge is 0.187 e. The molecular formula is C11H15N3O3S. The molecule has 0 aliphatic rings. The quantitative estimate of drug-likeness (QED) is 0.205. The van der Waals surface area contributed by atoms with E-state index in [1.54, 1.807) is 13.2 Å². The van der Waals surface area contributed by atoms with E-state index in [1.165, 1.54) is 18.3 Å². The molecule has 0 aliphatic heterocycles. The number of hydrazone groups is 1. The fourth-order valence-corrected chi connectivity index (χ4v) is 1.25. The summed E-state index contributed by atoms with van der Waals surface area (Å²) in [5.41, 5.74) is 3.25. The van der Waals surface area contributed by atoms with Crippen LogP contribution >= 0.6 is 12.2 Å². The molecule has 0 aromatic heterocycles. The van der Waals surface area contributed by atoms with Crippen LogP contribution in [0, 0.1) is 0 Å². The Labute approximate surface area is 110 Å². The first-order valence-corrected chi connectivity index (χ1v) is 5.62. The average molecular weight is 269 g/mol. The van der Waals surface area contributed by atoms with Crippen molar-refractivity contribution in [3.05, 3.63) is 23.8 Å². The second-order valence-electron chi connectivity index (χ2n) is 3.37. The van der Waals surface area contributed by atoms with Crippen LogP contribution in [0.1, 0.15) is 5.56 Å². The third kappa shape index (κ3) is 4.98. The number of benzene rings is 1. The molecule has 6 nitrogen and oxygen atoms in total. The molecule has 0 saturated heterocycles. The van der Waals surface area contributed by atoms with Crippen molar-refractivity contribution in [1.29, 1.82) is 0 Å². The molecule has 0 atom stereocenters. The molecule has 1 rings (SSSR count). The molecule has 0 amide bonds. The lowest BCUT2D eigenvalue weighted by Crippen LogP contribution is -2.34. The molecule has 0 aliphatic carbocycles. The fourth-order valence-electron chi connectivity index (χ4n) is 1.09. The first-order chi connectivity index (χ1) is 8.63. The van der Waals surface area contributed by atoms with E-state index in [0.717, 1.165) is 0 Å². The van der Waals surface area contributed by atoms with Gasteiger partial charge in [0.15, 0.2) is 16.6 Å². The minimum absolute atomic E-state index is 0.170. The minimum Gasteiger partial charge on any atom is -0.504 e. The van der Waals surface area contributed by atoms with Crippen molar-refractivity contribution in [3.8, 4) is 11.5 Å². The summed E-state index contributed by atoms with van der Waals surface area (Å²) >= 11 is 4.95. The molecule has 0 fully saturated rings. The Morgan fingerprint density at radius 2 is 2.22 bits per heavy atom. The highest BCUT2D eigenvalue weighted by Crippen LogP contribution is 2.23. The highest BCUT2D eigenvalue weighted by molar-refractivity contribution is 7.80. The molecule has 0 bridgehead atoms. The van der Waals surface area contributed by atoms with Crippen LogP contribution < -0.4 is 10.7 Å². The van der Waals surface area contributed by atoms with Gasteiger partial charge in [0.1, 0.15) is 0 Å². The van der Waals surface area contributed by atoms with Crippen LogP contribution in [0.5, 0.6) is 11.5 Å². The average Bonchev–Trinajstić information content (AvgIpc) is 2.34. The zero-order valence-electron chi connectivity index (χ0n) is 9.88. The van der Waals surface area contributed by atoms with E-state index in [9.17, 15) is 5.11 Å². The van der Waals surface area contributed by atoms with Crippen molar-refractivity contribution in [3.63, 3.8) is 0 Å². The molecule has 98 valence electrons. The molecule has 0 spiro atoms. The number of phenolic OH excluding ortho intramolecular Hbond substituents is 2. The van der Waals surface area contributed by atoms with Gasteiger partial charge in [-0.1, -0.05) is 0 Å². The van der Waals surface area contributed by atoms with Gasteiger partial charge in [0.25, 0.3) is 0 Å². The molecule has 7 heteroatoms. The number of hydrogen-bond acceptors (Lipinski definition) is 5. The maximum Gasteiger partial charge on any atom is 0.187 e. The molecule has 0 heterocycles. The van der Waals surface area contributed by atoms with Crippen LogP contribution in [0.4, 0.5) is 0 Å².